The predicted octanol–water partition coefficient (Wildman–Crippen LogP) is 2.83. The van der Waals surface area contributed by atoms with Crippen molar-refractivity contribution in [3.8, 4) is 0 Å². The fraction of sp³-hybridized carbons (Fsp3) is 0.357. The zero-order chi connectivity index (χ0) is 11.8. The summed E-state index contributed by atoms with van der Waals surface area (Å²) in [5.74, 6) is 0.965. The van der Waals surface area contributed by atoms with E-state index in [1.807, 2.05) is 24.0 Å². The van der Waals surface area contributed by atoms with Gasteiger partial charge in [0.15, 0.2) is 0 Å². The van der Waals surface area contributed by atoms with Crippen molar-refractivity contribution in [1.29, 1.82) is 0 Å². The number of nitrogens with zero attached hydrogens (tertiary/aromatic N) is 2. The summed E-state index contributed by atoms with van der Waals surface area (Å²) in [5.41, 5.74) is 4.25. The summed E-state index contributed by atoms with van der Waals surface area (Å²) in [6.07, 6.45) is 4.30. The number of anilines is 1. The van der Waals surface area contributed by atoms with Crippen LogP contribution in [-0.2, 0) is 13.5 Å². The normalized spacial score (nSPS) is 18.1. The Hall–Kier alpha value is -1.77. The minimum absolute atomic E-state index is 0.416. The maximum Gasteiger partial charge on any atom is 0.148 e. The molecule has 1 aromatic heterocycles. The molecule has 1 atom stereocenters. The zero-order valence-electron chi connectivity index (χ0n) is 10.3. The molecule has 0 aliphatic heterocycles. The second kappa shape index (κ2) is 3.91. The maximum atomic E-state index is 4.38. The molecule has 2 aromatic rings. The molecule has 0 fully saturated rings. The lowest BCUT2D eigenvalue weighted by molar-refractivity contribution is 0.732. The Balaban J connectivity index is 1.86. The molecule has 0 radical (unpaired) electrons. The van der Waals surface area contributed by atoms with Crippen LogP contribution in [0.4, 0.5) is 5.82 Å². The first-order chi connectivity index (χ1) is 8.22. The molecule has 0 amide bonds. The Bertz CT molecular complexity index is 542. The monoisotopic (exact) mass is 227 g/mol. The number of aryl methyl sites for hydroxylation is 3. The van der Waals surface area contributed by atoms with Gasteiger partial charge < -0.3 is 5.32 Å². The van der Waals surface area contributed by atoms with Crippen LogP contribution in [-0.4, -0.2) is 9.78 Å². The van der Waals surface area contributed by atoms with Gasteiger partial charge in [-0.25, -0.2) is 0 Å². The fourth-order valence-corrected chi connectivity index (χ4v) is 2.54. The van der Waals surface area contributed by atoms with Crippen LogP contribution in [0.15, 0.2) is 30.5 Å². The summed E-state index contributed by atoms with van der Waals surface area (Å²) in [7, 11) is 1.94. The van der Waals surface area contributed by atoms with E-state index in [-0.39, 0.29) is 0 Å². The van der Waals surface area contributed by atoms with Gasteiger partial charge in [0, 0.05) is 19.3 Å². The lowest BCUT2D eigenvalue weighted by atomic mass is 10.1. The number of rotatable bonds is 2. The Morgan fingerprint density at radius 2 is 2.24 bits per heavy atom. The lowest BCUT2D eigenvalue weighted by Gasteiger charge is -2.13. The number of fused-ring (bicyclic) bond motifs is 1. The van der Waals surface area contributed by atoms with Crippen LogP contribution in [0.2, 0.25) is 0 Å². The minimum atomic E-state index is 0.416. The van der Waals surface area contributed by atoms with E-state index in [4.69, 9.17) is 0 Å². The van der Waals surface area contributed by atoms with Crippen LogP contribution in [0.25, 0.3) is 0 Å². The van der Waals surface area contributed by atoms with Gasteiger partial charge in [0.05, 0.1) is 6.04 Å². The largest absolute Gasteiger partial charge is 0.362 e. The molecule has 1 unspecified atom stereocenters. The number of aromatic nitrogens is 2. The quantitative estimate of drug-likeness (QED) is 0.855. The van der Waals surface area contributed by atoms with Crippen LogP contribution < -0.4 is 5.32 Å². The molecule has 88 valence electrons. The summed E-state index contributed by atoms with van der Waals surface area (Å²) in [6.45, 7) is 2.15. The van der Waals surface area contributed by atoms with Gasteiger partial charge in [0.2, 0.25) is 0 Å². The van der Waals surface area contributed by atoms with E-state index in [0.717, 1.165) is 12.2 Å². The van der Waals surface area contributed by atoms with Crippen molar-refractivity contribution >= 4 is 5.82 Å². The highest BCUT2D eigenvalue weighted by atomic mass is 15.3. The van der Waals surface area contributed by atoms with Crippen molar-refractivity contribution < 1.29 is 0 Å². The number of benzene rings is 1. The second-order valence-electron chi connectivity index (χ2n) is 4.81. The third-order valence-corrected chi connectivity index (χ3v) is 3.41. The molecule has 1 aliphatic rings. The number of hydrogen-bond donors (Lipinski definition) is 1. The Morgan fingerprint density at radius 3 is 3.00 bits per heavy atom. The third kappa shape index (κ3) is 1.93. The summed E-state index contributed by atoms with van der Waals surface area (Å²) in [6, 6.07) is 9.18. The third-order valence-electron chi connectivity index (χ3n) is 3.41. The van der Waals surface area contributed by atoms with Gasteiger partial charge in [0.1, 0.15) is 5.82 Å². The van der Waals surface area contributed by atoms with Crippen molar-refractivity contribution in [3.05, 3.63) is 47.2 Å². The highest BCUT2D eigenvalue weighted by Gasteiger charge is 2.22. The first-order valence-corrected chi connectivity index (χ1v) is 6.08. The highest BCUT2D eigenvalue weighted by molar-refractivity contribution is 5.44. The van der Waals surface area contributed by atoms with Gasteiger partial charge in [-0.05, 0) is 30.9 Å². The van der Waals surface area contributed by atoms with E-state index in [1.165, 1.54) is 23.1 Å². The van der Waals surface area contributed by atoms with Crippen molar-refractivity contribution in [1.82, 2.24) is 9.78 Å². The SMILES string of the molecule is Cc1ccc2c(c1)C(Nc1ccn(C)n1)CC2. The molecule has 3 heteroatoms. The van der Waals surface area contributed by atoms with Gasteiger partial charge in [-0.15, -0.1) is 0 Å². The van der Waals surface area contributed by atoms with Crippen molar-refractivity contribution in [2.45, 2.75) is 25.8 Å². The molecule has 0 spiro atoms. The van der Waals surface area contributed by atoms with Crippen molar-refractivity contribution in [2.24, 2.45) is 7.05 Å². The van der Waals surface area contributed by atoms with Crippen LogP contribution in [0.5, 0.6) is 0 Å². The van der Waals surface area contributed by atoms with Crippen molar-refractivity contribution in [3.63, 3.8) is 0 Å². The smallest absolute Gasteiger partial charge is 0.148 e. The maximum absolute atomic E-state index is 4.38. The fourth-order valence-electron chi connectivity index (χ4n) is 2.54. The molecule has 0 saturated carbocycles. The average molecular weight is 227 g/mol. The van der Waals surface area contributed by atoms with Gasteiger partial charge >= 0.3 is 0 Å². The van der Waals surface area contributed by atoms with Gasteiger partial charge in [-0.3, -0.25) is 4.68 Å². The van der Waals surface area contributed by atoms with Crippen LogP contribution in [0.3, 0.4) is 0 Å². The molecule has 1 aliphatic carbocycles. The van der Waals surface area contributed by atoms with Crippen LogP contribution in [0.1, 0.15) is 29.2 Å². The molecule has 17 heavy (non-hydrogen) atoms. The Labute approximate surface area is 101 Å². The molecule has 1 aromatic carbocycles. The topological polar surface area (TPSA) is 29.9 Å². The van der Waals surface area contributed by atoms with Gasteiger partial charge in [-0.2, -0.15) is 5.10 Å². The predicted molar refractivity (Wildman–Crippen MR) is 69.1 cm³/mol. The van der Waals surface area contributed by atoms with E-state index in [2.05, 4.69) is 35.5 Å². The lowest BCUT2D eigenvalue weighted by Crippen LogP contribution is -2.08. The number of nitrogens with one attached hydrogen (secondary N) is 1. The second-order valence-corrected chi connectivity index (χ2v) is 4.81. The van der Waals surface area contributed by atoms with Gasteiger partial charge in [-0.1, -0.05) is 23.8 Å². The van der Waals surface area contributed by atoms with E-state index in [1.54, 1.807) is 0 Å². The molecule has 1 heterocycles. The average Bonchev–Trinajstić information content (AvgIpc) is 2.87. The first-order valence-electron chi connectivity index (χ1n) is 6.08. The molecule has 0 bridgehead atoms. The molecule has 0 saturated heterocycles. The zero-order valence-corrected chi connectivity index (χ0v) is 10.3. The molecule has 3 rings (SSSR count). The molecule has 1 N–H and O–H groups in total. The number of hydrogen-bond acceptors (Lipinski definition) is 2. The summed E-state index contributed by atoms with van der Waals surface area (Å²) in [5, 5.41) is 7.89. The van der Waals surface area contributed by atoms with E-state index in [0.29, 0.717) is 6.04 Å². The highest BCUT2D eigenvalue weighted by Crippen LogP contribution is 2.33. The molecular formula is C14H17N3. The van der Waals surface area contributed by atoms with Crippen LogP contribution in [0, 0.1) is 6.92 Å². The summed E-state index contributed by atoms with van der Waals surface area (Å²) < 4.78 is 1.83. The summed E-state index contributed by atoms with van der Waals surface area (Å²) in [4.78, 5) is 0. The first kappa shape index (κ1) is 10.4. The van der Waals surface area contributed by atoms with E-state index < -0.39 is 0 Å². The molecule has 3 nitrogen and oxygen atoms in total. The van der Waals surface area contributed by atoms with E-state index in [9.17, 15) is 0 Å². The van der Waals surface area contributed by atoms with Crippen molar-refractivity contribution in [2.75, 3.05) is 5.32 Å². The Morgan fingerprint density at radius 1 is 1.35 bits per heavy atom. The standard InChI is InChI=1S/C14H17N3/c1-10-3-4-11-5-6-13(12(11)9-10)15-14-7-8-17(2)16-14/h3-4,7-9,13H,5-6H2,1-2H3,(H,15,16). The van der Waals surface area contributed by atoms with Crippen LogP contribution >= 0.6 is 0 Å². The molecular weight excluding hydrogens is 210 g/mol. The van der Waals surface area contributed by atoms with E-state index >= 15 is 0 Å². The Kier molecular flexibility index (Phi) is 2.39. The van der Waals surface area contributed by atoms with Gasteiger partial charge in [0.25, 0.3) is 0 Å². The summed E-state index contributed by atoms with van der Waals surface area (Å²) >= 11 is 0. The minimum Gasteiger partial charge on any atom is -0.362 e.